The van der Waals surface area contributed by atoms with Crippen molar-refractivity contribution in [1.82, 2.24) is 4.98 Å². The van der Waals surface area contributed by atoms with E-state index in [1.165, 1.54) is 0 Å². The van der Waals surface area contributed by atoms with Crippen LogP contribution in [0.3, 0.4) is 0 Å². The van der Waals surface area contributed by atoms with Crippen LogP contribution >= 0.6 is 0 Å². The molecule has 0 saturated carbocycles. The first-order chi connectivity index (χ1) is 9.72. The molecule has 0 saturated heterocycles. The van der Waals surface area contributed by atoms with Gasteiger partial charge in [0.05, 0.1) is 11.4 Å². The van der Waals surface area contributed by atoms with Crippen LogP contribution in [0.4, 0.5) is 17.1 Å². The highest BCUT2D eigenvalue weighted by atomic mass is 16.1. The molecule has 2 heterocycles. The number of nitrogens with zero attached hydrogens (tertiary/aromatic N) is 1. The molecular weight excluding hydrogens is 252 g/mol. The number of nitrogen functional groups attached to an aromatic ring is 1. The summed E-state index contributed by atoms with van der Waals surface area (Å²) in [5, 5.41) is 6.16. The molecule has 5 heteroatoms. The van der Waals surface area contributed by atoms with Gasteiger partial charge in [0.15, 0.2) is 0 Å². The average Bonchev–Trinajstić information content (AvgIpc) is 2.46. The quantitative estimate of drug-likeness (QED) is 0.745. The van der Waals surface area contributed by atoms with Crippen molar-refractivity contribution in [2.24, 2.45) is 0 Å². The molecule has 0 unspecified atom stereocenters. The van der Waals surface area contributed by atoms with Crippen LogP contribution in [0.15, 0.2) is 36.7 Å². The van der Waals surface area contributed by atoms with Crippen LogP contribution in [-0.4, -0.2) is 10.9 Å². The Morgan fingerprint density at radius 1 is 1.35 bits per heavy atom. The van der Waals surface area contributed by atoms with Gasteiger partial charge in [0.25, 0.3) is 0 Å². The SMILES string of the molecule is Nc1cc2c(cc1NCc1cccnc1)CCC(=O)N2. The smallest absolute Gasteiger partial charge is 0.224 e. The van der Waals surface area contributed by atoms with Crippen LogP contribution in [0.2, 0.25) is 0 Å². The molecular formula is C15H16N4O. The van der Waals surface area contributed by atoms with Gasteiger partial charge in [-0.2, -0.15) is 0 Å². The normalized spacial score (nSPS) is 13.5. The Labute approximate surface area is 117 Å². The van der Waals surface area contributed by atoms with E-state index >= 15 is 0 Å². The van der Waals surface area contributed by atoms with Crippen LogP contribution in [0.5, 0.6) is 0 Å². The first-order valence-corrected chi connectivity index (χ1v) is 6.57. The average molecular weight is 268 g/mol. The maximum absolute atomic E-state index is 11.4. The van der Waals surface area contributed by atoms with Gasteiger partial charge in [-0.25, -0.2) is 0 Å². The number of aryl methyl sites for hydroxylation is 1. The van der Waals surface area contributed by atoms with Crippen molar-refractivity contribution < 1.29 is 4.79 Å². The number of nitrogens with one attached hydrogen (secondary N) is 2. The van der Waals surface area contributed by atoms with E-state index in [1.807, 2.05) is 30.5 Å². The van der Waals surface area contributed by atoms with Crippen molar-refractivity contribution >= 4 is 23.0 Å². The van der Waals surface area contributed by atoms with Crippen molar-refractivity contribution in [2.75, 3.05) is 16.4 Å². The molecule has 1 aromatic heterocycles. The summed E-state index contributed by atoms with van der Waals surface area (Å²) >= 11 is 0. The van der Waals surface area contributed by atoms with Gasteiger partial charge in [-0.15, -0.1) is 0 Å². The van der Waals surface area contributed by atoms with Gasteiger partial charge < -0.3 is 16.4 Å². The minimum Gasteiger partial charge on any atom is -0.397 e. The fourth-order valence-corrected chi connectivity index (χ4v) is 2.30. The van der Waals surface area contributed by atoms with E-state index in [2.05, 4.69) is 15.6 Å². The molecule has 2 aromatic rings. The van der Waals surface area contributed by atoms with E-state index < -0.39 is 0 Å². The maximum Gasteiger partial charge on any atom is 0.224 e. The Morgan fingerprint density at radius 2 is 2.25 bits per heavy atom. The lowest BCUT2D eigenvalue weighted by Gasteiger charge is -2.19. The predicted molar refractivity (Wildman–Crippen MR) is 79.4 cm³/mol. The van der Waals surface area contributed by atoms with E-state index in [-0.39, 0.29) is 5.91 Å². The number of aromatic nitrogens is 1. The van der Waals surface area contributed by atoms with Crippen LogP contribution in [-0.2, 0) is 17.8 Å². The number of amides is 1. The van der Waals surface area contributed by atoms with E-state index in [1.54, 1.807) is 6.20 Å². The minimum atomic E-state index is 0.0490. The van der Waals surface area contributed by atoms with Crippen LogP contribution < -0.4 is 16.4 Å². The molecule has 20 heavy (non-hydrogen) atoms. The first-order valence-electron chi connectivity index (χ1n) is 6.57. The number of pyridine rings is 1. The highest BCUT2D eigenvalue weighted by Gasteiger charge is 2.16. The zero-order valence-corrected chi connectivity index (χ0v) is 11.0. The number of carbonyl (C=O) groups is 1. The van der Waals surface area contributed by atoms with Crippen LogP contribution in [0.25, 0.3) is 0 Å². The highest BCUT2D eigenvalue weighted by molar-refractivity contribution is 5.95. The zero-order valence-electron chi connectivity index (χ0n) is 11.0. The summed E-state index contributed by atoms with van der Waals surface area (Å²) in [4.78, 5) is 15.4. The molecule has 0 bridgehead atoms. The molecule has 102 valence electrons. The van der Waals surface area contributed by atoms with Gasteiger partial charge in [-0.3, -0.25) is 9.78 Å². The number of anilines is 3. The van der Waals surface area contributed by atoms with Gasteiger partial charge in [0, 0.05) is 31.0 Å². The van der Waals surface area contributed by atoms with Gasteiger partial charge in [-0.1, -0.05) is 6.07 Å². The zero-order chi connectivity index (χ0) is 13.9. The Kier molecular flexibility index (Phi) is 3.25. The van der Waals surface area contributed by atoms with Crippen LogP contribution in [0, 0.1) is 0 Å². The number of carbonyl (C=O) groups excluding carboxylic acids is 1. The Bertz CT molecular complexity index is 640. The number of hydrogen-bond acceptors (Lipinski definition) is 4. The van der Waals surface area contributed by atoms with Gasteiger partial charge in [0.2, 0.25) is 5.91 Å². The highest BCUT2D eigenvalue weighted by Crippen LogP contribution is 2.31. The Hall–Kier alpha value is -2.56. The number of fused-ring (bicyclic) bond motifs is 1. The lowest BCUT2D eigenvalue weighted by molar-refractivity contribution is -0.116. The monoisotopic (exact) mass is 268 g/mol. The summed E-state index contributed by atoms with van der Waals surface area (Å²) in [5.41, 5.74) is 10.6. The second-order valence-corrected chi connectivity index (χ2v) is 4.86. The molecule has 1 amide bonds. The van der Waals surface area contributed by atoms with E-state index in [0.717, 1.165) is 28.9 Å². The molecule has 1 aliphatic rings. The lowest BCUT2D eigenvalue weighted by Crippen LogP contribution is -2.19. The third-order valence-corrected chi connectivity index (χ3v) is 3.38. The summed E-state index contributed by atoms with van der Waals surface area (Å²) in [6.45, 7) is 0.670. The summed E-state index contributed by atoms with van der Waals surface area (Å²) < 4.78 is 0. The molecule has 5 nitrogen and oxygen atoms in total. The van der Waals surface area contributed by atoms with Crippen molar-refractivity contribution in [3.05, 3.63) is 47.8 Å². The summed E-state index contributed by atoms with van der Waals surface area (Å²) in [7, 11) is 0. The molecule has 0 radical (unpaired) electrons. The predicted octanol–water partition coefficient (Wildman–Crippen LogP) is 2.16. The van der Waals surface area contributed by atoms with Crippen molar-refractivity contribution in [3.63, 3.8) is 0 Å². The number of benzene rings is 1. The fourth-order valence-electron chi connectivity index (χ4n) is 2.30. The molecule has 0 fully saturated rings. The minimum absolute atomic E-state index is 0.0490. The summed E-state index contributed by atoms with van der Waals surface area (Å²) in [6, 6.07) is 7.75. The second-order valence-electron chi connectivity index (χ2n) is 4.86. The standard InChI is InChI=1S/C15H16N4O/c16-12-7-13-11(3-4-15(20)19-13)6-14(12)18-9-10-2-1-5-17-8-10/h1-2,5-8,18H,3-4,9,16H2,(H,19,20). The van der Waals surface area contributed by atoms with Crippen LogP contribution in [0.1, 0.15) is 17.5 Å². The fraction of sp³-hybridized carbons (Fsp3) is 0.200. The summed E-state index contributed by atoms with van der Waals surface area (Å²) in [6.07, 6.45) is 4.85. The molecule has 3 rings (SSSR count). The number of nitrogens with two attached hydrogens (primary N) is 1. The molecule has 1 aromatic carbocycles. The Balaban J connectivity index is 1.79. The van der Waals surface area contributed by atoms with Gasteiger partial charge in [0.1, 0.15) is 0 Å². The van der Waals surface area contributed by atoms with E-state index in [0.29, 0.717) is 18.7 Å². The third kappa shape index (κ3) is 2.56. The van der Waals surface area contributed by atoms with Gasteiger partial charge in [-0.05, 0) is 35.7 Å². The van der Waals surface area contributed by atoms with Crippen molar-refractivity contribution in [1.29, 1.82) is 0 Å². The Morgan fingerprint density at radius 3 is 3.05 bits per heavy atom. The van der Waals surface area contributed by atoms with E-state index in [4.69, 9.17) is 5.73 Å². The lowest BCUT2D eigenvalue weighted by atomic mass is 10.0. The number of hydrogen-bond donors (Lipinski definition) is 3. The van der Waals surface area contributed by atoms with Crippen molar-refractivity contribution in [2.45, 2.75) is 19.4 Å². The molecule has 0 aliphatic carbocycles. The molecule has 1 aliphatic heterocycles. The first kappa shape index (κ1) is 12.5. The molecule has 0 atom stereocenters. The third-order valence-electron chi connectivity index (χ3n) is 3.38. The summed E-state index contributed by atoms with van der Waals surface area (Å²) in [5.74, 6) is 0.0490. The second kappa shape index (κ2) is 5.21. The van der Waals surface area contributed by atoms with Gasteiger partial charge >= 0.3 is 0 Å². The topological polar surface area (TPSA) is 80.0 Å². The number of rotatable bonds is 3. The van der Waals surface area contributed by atoms with E-state index in [9.17, 15) is 4.79 Å². The largest absolute Gasteiger partial charge is 0.397 e. The maximum atomic E-state index is 11.4. The molecule has 4 N–H and O–H groups in total. The van der Waals surface area contributed by atoms with Crippen molar-refractivity contribution in [3.8, 4) is 0 Å². The molecule has 0 spiro atoms.